The number of rotatable bonds is 3. The summed E-state index contributed by atoms with van der Waals surface area (Å²) in [6.07, 6.45) is 7.55. The molecule has 0 bridgehead atoms. The Bertz CT molecular complexity index is 394. The summed E-state index contributed by atoms with van der Waals surface area (Å²) >= 11 is 3.47. The Balaban J connectivity index is 2.38. The maximum Gasteiger partial charge on any atom is 0.138 e. The molecule has 0 aromatic heterocycles. The Morgan fingerprint density at radius 2 is 2.00 bits per heavy atom. The zero-order chi connectivity index (χ0) is 12.3. The highest BCUT2D eigenvalue weighted by atomic mass is 79.9. The summed E-state index contributed by atoms with van der Waals surface area (Å²) in [5, 5.41) is 0. The lowest BCUT2D eigenvalue weighted by Crippen LogP contribution is -2.10. The van der Waals surface area contributed by atoms with Crippen molar-refractivity contribution in [3.8, 4) is 0 Å². The summed E-state index contributed by atoms with van der Waals surface area (Å²) in [5.74, 6) is 0.653. The van der Waals surface area contributed by atoms with Crippen LogP contribution in [0.3, 0.4) is 0 Å². The van der Waals surface area contributed by atoms with Gasteiger partial charge in [-0.2, -0.15) is 0 Å². The number of carbonyl (C=O) groups excluding carboxylic acids is 1. The molecular weight excluding hydrogens is 276 g/mol. The van der Waals surface area contributed by atoms with Gasteiger partial charge in [0.05, 0.1) is 4.83 Å². The largest absolute Gasteiger partial charge is 0.302 e. The predicted octanol–water partition coefficient (Wildman–Crippen LogP) is 4.68. The lowest BCUT2D eigenvalue weighted by Gasteiger charge is -2.26. The Morgan fingerprint density at radius 1 is 1.29 bits per heavy atom. The van der Waals surface area contributed by atoms with Crippen LogP contribution in [0.15, 0.2) is 18.2 Å². The predicted molar refractivity (Wildman–Crippen MR) is 74.7 cm³/mol. The van der Waals surface area contributed by atoms with E-state index in [2.05, 4.69) is 41.1 Å². The first kappa shape index (κ1) is 12.8. The molecule has 1 aliphatic carbocycles. The summed E-state index contributed by atoms with van der Waals surface area (Å²) in [5.41, 5.74) is 3.92. The van der Waals surface area contributed by atoms with E-state index in [4.69, 9.17) is 0 Å². The van der Waals surface area contributed by atoms with Crippen LogP contribution in [0.5, 0.6) is 0 Å². The average Bonchev–Trinajstić information content (AvgIpc) is 2.38. The first-order chi connectivity index (χ1) is 8.24. The van der Waals surface area contributed by atoms with E-state index >= 15 is 0 Å². The summed E-state index contributed by atoms with van der Waals surface area (Å²) < 4.78 is 0. The van der Waals surface area contributed by atoms with E-state index in [1.807, 2.05) is 0 Å². The molecule has 1 aromatic rings. The molecule has 1 atom stereocenters. The Labute approximate surface area is 112 Å². The third-order valence-electron chi connectivity index (χ3n) is 3.79. The van der Waals surface area contributed by atoms with Crippen molar-refractivity contribution < 1.29 is 4.79 Å². The zero-order valence-corrected chi connectivity index (χ0v) is 11.9. The molecule has 0 spiro atoms. The van der Waals surface area contributed by atoms with Crippen molar-refractivity contribution in [3.63, 3.8) is 0 Å². The van der Waals surface area contributed by atoms with Crippen LogP contribution in [0.1, 0.15) is 59.5 Å². The monoisotopic (exact) mass is 294 g/mol. The van der Waals surface area contributed by atoms with Gasteiger partial charge < -0.3 is 4.79 Å². The lowest BCUT2D eigenvalue weighted by molar-refractivity contribution is -0.107. The number of carbonyl (C=O) groups is 1. The number of hydrogen-bond donors (Lipinski definition) is 0. The molecule has 92 valence electrons. The van der Waals surface area contributed by atoms with E-state index in [1.165, 1.54) is 48.8 Å². The molecule has 0 radical (unpaired) electrons. The summed E-state index contributed by atoms with van der Waals surface area (Å²) in [6.45, 7) is 2.16. The molecule has 2 heteroatoms. The van der Waals surface area contributed by atoms with Gasteiger partial charge in [0.2, 0.25) is 0 Å². The van der Waals surface area contributed by atoms with Gasteiger partial charge >= 0.3 is 0 Å². The van der Waals surface area contributed by atoms with E-state index in [-0.39, 0.29) is 4.83 Å². The third-order valence-corrected chi connectivity index (χ3v) is 4.50. The molecule has 0 aliphatic heterocycles. The highest BCUT2D eigenvalue weighted by Gasteiger charge is 2.22. The normalized spacial score (nSPS) is 18.9. The zero-order valence-electron chi connectivity index (χ0n) is 10.3. The van der Waals surface area contributed by atoms with Crippen molar-refractivity contribution in [2.75, 3.05) is 0 Å². The third kappa shape index (κ3) is 2.79. The highest BCUT2D eigenvalue weighted by Crippen LogP contribution is 2.39. The molecule has 0 amide bonds. The summed E-state index contributed by atoms with van der Waals surface area (Å²) in [7, 11) is 0. The van der Waals surface area contributed by atoms with Crippen molar-refractivity contribution >= 4 is 22.2 Å². The summed E-state index contributed by atoms with van der Waals surface area (Å²) in [6, 6.07) is 6.30. The number of aryl methyl sites for hydroxylation is 1. The minimum atomic E-state index is -0.153. The van der Waals surface area contributed by atoms with Crippen LogP contribution in [0.4, 0.5) is 0 Å². The average molecular weight is 295 g/mol. The quantitative estimate of drug-likeness (QED) is 0.584. The van der Waals surface area contributed by atoms with Gasteiger partial charge in [0, 0.05) is 0 Å². The SMILES string of the molecule is Cc1cccc(C(Br)C=O)c1C1CCCCC1. The van der Waals surface area contributed by atoms with Crippen molar-refractivity contribution in [2.45, 2.75) is 49.8 Å². The first-order valence-electron chi connectivity index (χ1n) is 6.43. The van der Waals surface area contributed by atoms with Gasteiger partial charge in [0.1, 0.15) is 6.29 Å². The molecule has 0 N–H and O–H groups in total. The van der Waals surface area contributed by atoms with Crippen LogP contribution in [0, 0.1) is 6.92 Å². The molecule has 1 unspecified atom stereocenters. The van der Waals surface area contributed by atoms with Crippen LogP contribution in [-0.4, -0.2) is 6.29 Å². The van der Waals surface area contributed by atoms with Gasteiger partial charge in [-0.05, 0) is 42.4 Å². The van der Waals surface area contributed by atoms with Crippen molar-refractivity contribution in [2.24, 2.45) is 0 Å². The molecule has 1 nitrogen and oxygen atoms in total. The number of benzene rings is 1. The van der Waals surface area contributed by atoms with Crippen molar-refractivity contribution in [1.82, 2.24) is 0 Å². The standard InChI is InChI=1S/C15H19BrO/c1-11-6-5-9-13(14(16)10-17)15(11)12-7-3-2-4-8-12/h5-6,9-10,12,14H,2-4,7-8H2,1H3. The van der Waals surface area contributed by atoms with E-state index in [1.54, 1.807) is 0 Å². The van der Waals surface area contributed by atoms with Crippen LogP contribution >= 0.6 is 15.9 Å². The van der Waals surface area contributed by atoms with Crippen LogP contribution in [0.2, 0.25) is 0 Å². The topological polar surface area (TPSA) is 17.1 Å². The number of halogens is 1. The van der Waals surface area contributed by atoms with Gasteiger partial charge in [-0.3, -0.25) is 0 Å². The second kappa shape index (κ2) is 5.81. The summed E-state index contributed by atoms with van der Waals surface area (Å²) in [4.78, 5) is 10.9. The second-order valence-corrected chi connectivity index (χ2v) is 5.94. The Hall–Kier alpha value is -0.630. The minimum Gasteiger partial charge on any atom is -0.302 e. The van der Waals surface area contributed by atoms with Crippen LogP contribution in [-0.2, 0) is 4.79 Å². The second-order valence-electron chi connectivity index (χ2n) is 4.95. The van der Waals surface area contributed by atoms with Gasteiger partial charge in [-0.15, -0.1) is 0 Å². The number of aldehydes is 1. The van der Waals surface area contributed by atoms with E-state index < -0.39 is 0 Å². The smallest absolute Gasteiger partial charge is 0.138 e. The van der Waals surface area contributed by atoms with Gasteiger partial charge in [-0.1, -0.05) is 53.4 Å². The number of hydrogen-bond acceptors (Lipinski definition) is 1. The molecule has 1 fully saturated rings. The van der Waals surface area contributed by atoms with Gasteiger partial charge in [-0.25, -0.2) is 0 Å². The van der Waals surface area contributed by atoms with Gasteiger partial charge in [0.25, 0.3) is 0 Å². The van der Waals surface area contributed by atoms with E-state index in [0.717, 1.165) is 6.29 Å². The maximum atomic E-state index is 11.0. The maximum absolute atomic E-state index is 11.0. The number of alkyl halides is 1. The first-order valence-corrected chi connectivity index (χ1v) is 7.34. The van der Waals surface area contributed by atoms with E-state index in [0.29, 0.717) is 5.92 Å². The molecular formula is C15H19BrO. The molecule has 17 heavy (non-hydrogen) atoms. The van der Waals surface area contributed by atoms with Gasteiger partial charge in [0.15, 0.2) is 0 Å². The fourth-order valence-electron chi connectivity index (χ4n) is 2.97. The lowest BCUT2D eigenvalue weighted by atomic mass is 9.79. The molecule has 0 heterocycles. The van der Waals surface area contributed by atoms with E-state index in [9.17, 15) is 4.79 Å². The van der Waals surface area contributed by atoms with Crippen molar-refractivity contribution in [3.05, 3.63) is 34.9 Å². The van der Waals surface area contributed by atoms with Crippen LogP contribution in [0.25, 0.3) is 0 Å². The van der Waals surface area contributed by atoms with Crippen molar-refractivity contribution in [1.29, 1.82) is 0 Å². The molecule has 1 aliphatic rings. The fourth-order valence-corrected chi connectivity index (χ4v) is 3.37. The highest BCUT2D eigenvalue weighted by molar-refractivity contribution is 9.09. The Kier molecular flexibility index (Phi) is 4.38. The molecule has 1 aromatic carbocycles. The molecule has 0 saturated heterocycles. The Morgan fingerprint density at radius 3 is 2.65 bits per heavy atom. The fraction of sp³-hybridized carbons (Fsp3) is 0.533. The molecule has 2 rings (SSSR count). The minimum absolute atomic E-state index is 0.153. The molecule has 1 saturated carbocycles. The van der Waals surface area contributed by atoms with Crippen LogP contribution < -0.4 is 0 Å².